The molecule has 1 aromatic rings. The van der Waals surface area contributed by atoms with Crippen molar-refractivity contribution in [2.45, 2.75) is 32.9 Å². The first-order valence-electron chi connectivity index (χ1n) is 6.59. The summed E-state index contributed by atoms with van der Waals surface area (Å²) in [7, 11) is 3.06. The quantitative estimate of drug-likeness (QED) is 0.802. The number of carbonyl (C=O) groups excluding carboxylic acids is 2. The lowest BCUT2D eigenvalue weighted by Crippen LogP contribution is -2.43. The Balaban J connectivity index is 2.66. The summed E-state index contributed by atoms with van der Waals surface area (Å²) in [6.45, 7) is 6.25. The molecule has 0 aromatic carbocycles. The Bertz CT molecular complexity index is 469. The van der Waals surface area contributed by atoms with Gasteiger partial charge in [-0.15, -0.1) is 0 Å². The Morgan fingerprint density at radius 1 is 1.40 bits per heavy atom. The number of nitrogens with one attached hydrogen (secondary N) is 1. The minimum Gasteiger partial charge on any atom is -0.463 e. The number of rotatable bonds is 6. The largest absolute Gasteiger partial charge is 0.463 e. The van der Waals surface area contributed by atoms with Gasteiger partial charge in [0.15, 0.2) is 0 Å². The van der Waals surface area contributed by atoms with E-state index in [4.69, 9.17) is 4.42 Å². The van der Waals surface area contributed by atoms with Crippen molar-refractivity contribution >= 4 is 11.9 Å². The summed E-state index contributed by atoms with van der Waals surface area (Å²) >= 11 is 0. The predicted octanol–water partition coefficient (Wildman–Crippen LogP) is 1.58. The van der Waals surface area contributed by atoms with Crippen molar-refractivity contribution in [3.05, 3.63) is 23.7 Å². The van der Waals surface area contributed by atoms with Crippen molar-refractivity contribution in [1.29, 1.82) is 0 Å². The highest BCUT2D eigenvalue weighted by molar-refractivity contribution is 5.86. The molecule has 2 unspecified atom stereocenters. The van der Waals surface area contributed by atoms with Gasteiger partial charge in [0.25, 0.3) is 0 Å². The highest BCUT2D eigenvalue weighted by Crippen LogP contribution is 2.17. The lowest BCUT2D eigenvalue weighted by Gasteiger charge is -2.23. The summed E-state index contributed by atoms with van der Waals surface area (Å²) < 4.78 is 9.98. The fourth-order valence-electron chi connectivity index (χ4n) is 1.81. The standard InChI is InChI=1S/C14H22N2O4/c1-6-16(4)13(17)10(3)15-9(2)11-7-8-12(20-11)14(18)19-5/h7-10,15H,6H2,1-5H3. The molecule has 0 aliphatic heterocycles. The molecule has 6 heteroatoms. The van der Waals surface area contributed by atoms with Crippen molar-refractivity contribution < 1.29 is 18.7 Å². The SMILES string of the molecule is CCN(C)C(=O)C(C)NC(C)c1ccc(C(=O)OC)o1. The van der Waals surface area contributed by atoms with E-state index in [-0.39, 0.29) is 23.8 Å². The van der Waals surface area contributed by atoms with Crippen LogP contribution in [-0.2, 0) is 9.53 Å². The fraction of sp³-hybridized carbons (Fsp3) is 0.571. The van der Waals surface area contributed by atoms with Crippen LogP contribution in [0, 0.1) is 0 Å². The fourth-order valence-corrected chi connectivity index (χ4v) is 1.81. The Kier molecular flexibility index (Phi) is 5.76. The van der Waals surface area contributed by atoms with Crippen LogP contribution < -0.4 is 5.32 Å². The number of nitrogens with zero attached hydrogens (tertiary/aromatic N) is 1. The van der Waals surface area contributed by atoms with Gasteiger partial charge in [0, 0.05) is 13.6 Å². The molecule has 6 nitrogen and oxygen atoms in total. The van der Waals surface area contributed by atoms with E-state index in [2.05, 4.69) is 10.1 Å². The monoisotopic (exact) mass is 282 g/mol. The van der Waals surface area contributed by atoms with Crippen molar-refractivity contribution in [2.24, 2.45) is 0 Å². The summed E-state index contributed by atoms with van der Waals surface area (Å²) in [6, 6.07) is 2.74. The molecule has 1 amide bonds. The minimum absolute atomic E-state index is 0.0131. The van der Waals surface area contributed by atoms with Crippen LogP contribution in [0.25, 0.3) is 0 Å². The molecule has 0 fully saturated rings. The second-order valence-electron chi connectivity index (χ2n) is 4.66. The molecular weight excluding hydrogens is 260 g/mol. The molecule has 1 aromatic heterocycles. The second kappa shape index (κ2) is 7.09. The number of likely N-dealkylation sites (N-methyl/N-ethyl adjacent to an activating group) is 1. The first-order chi connectivity index (χ1) is 9.40. The van der Waals surface area contributed by atoms with E-state index < -0.39 is 5.97 Å². The molecule has 112 valence electrons. The van der Waals surface area contributed by atoms with Gasteiger partial charge in [-0.25, -0.2) is 4.79 Å². The maximum Gasteiger partial charge on any atom is 0.373 e. The third-order valence-corrected chi connectivity index (χ3v) is 3.16. The molecule has 0 aliphatic rings. The van der Waals surface area contributed by atoms with Crippen molar-refractivity contribution in [3.63, 3.8) is 0 Å². The number of hydrogen-bond acceptors (Lipinski definition) is 5. The summed E-state index contributed by atoms with van der Waals surface area (Å²) in [5.74, 6) is 0.238. The van der Waals surface area contributed by atoms with Gasteiger partial charge < -0.3 is 14.1 Å². The molecule has 0 saturated carbocycles. The van der Waals surface area contributed by atoms with E-state index in [0.29, 0.717) is 12.3 Å². The van der Waals surface area contributed by atoms with Gasteiger partial charge in [-0.1, -0.05) is 0 Å². The summed E-state index contributed by atoms with van der Waals surface area (Å²) in [4.78, 5) is 24.9. The topological polar surface area (TPSA) is 71.8 Å². The van der Waals surface area contributed by atoms with E-state index in [1.807, 2.05) is 13.8 Å². The van der Waals surface area contributed by atoms with Crippen LogP contribution in [-0.4, -0.2) is 43.5 Å². The van der Waals surface area contributed by atoms with Crippen LogP contribution in [0.5, 0.6) is 0 Å². The van der Waals surface area contributed by atoms with Crippen LogP contribution in [0.4, 0.5) is 0 Å². The number of esters is 1. The third-order valence-electron chi connectivity index (χ3n) is 3.16. The molecule has 0 spiro atoms. The van der Waals surface area contributed by atoms with Gasteiger partial charge >= 0.3 is 5.97 Å². The Morgan fingerprint density at radius 3 is 2.60 bits per heavy atom. The molecule has 0 radical (unpaired) electrons. The van der Waals surface area contributed by atoms with E-state index in [9.17, 15) is 9.59 Å². The van der Waals surface area contributed by atoms with Crippen LogP contribution in [0.1, 0.15) is 43.1 Å². The van der Waals surface area contributed by atoms with Crippen LogP contribution >= 0.6 is 0 Å². The van der Waals surface area contributed by atoms with Gasteiger partial charge in [-0.2, -0.15) is 0 Å². The average molecular weight is 282 g/mol. The molecule has 1 N–H and O–H groups in total. The zero-order chi connectivity index (χ0) is 15.3. The number of furan rings is 1. The molecule has 20 heavy (non-hydrogen) atoms. The maximum absolute atomic E-state index is 12.0. The van der Waals surface area contributed by atoms with Crippen LogP contribution in [0.2, 0.25) is 0 Å². The van der Waals surface area contributed by atoms with Gasteiger partial charge in [-0.05, 0) is 32.9 Å². The molecule has 1 heterocycles. The molecule has 0 bridgehead atoms. The Morgan fingerprint density at radius 2 is 2.05 bits per heavy atom. The average Bonchev–Trinajstić information content (AvgIpc) is 2.94. The predicted molar refractivity (Wildman–Crippen MR) is 74.4 cm³/mol. The Labute approximate surface area is 119 Å². The lowest BCUT2D eigenvalue weighted by molar-refractivity contribution is -0.131. The second-order valence-corrected chi connectivity index (χ2v) is 4.66. The van der Waals surface area contributed by atoms with Crippen molar-refractivity contribution in [1.82, 2.24) is 10.2 Å². The zero-order valence-corrected chi connectivity index (χ0v) is 12.6. The minimum atomic E-state index is -0.515. The normalized spacial score (nSPS) is 13.7. The van der Waals surface area contributed by atoms with Gasteiger partial charge in [0.2, 0.25) is 11.7 Å². The zero-order valence-electron chi connectivity index (χ0n) is 12.6. The lowest BCUT2D eigenvalue weighted by atomic mass is 10.2. The third kappa shape index (κ3) is 3.84. The number of carbonyl (C=O) groups is 2. The van der Waals surface area contributed by atoms with Gasteiger partial charge in [0.1, 0.15) is 5.76 Å². The molecule has 1 rings (SSSR count). The van der Waals surface area contributed by atoms with E-state index >= 15 is 0 Å². The van der Waals surface area contributed by atoms with Crippen molar-refractivity contribution in [3.8, 4) is 0 Å². The van der Waals surface area contributed by atoms with E-state index in [1.165, 1.54) is 7.11 Å². The molecule has 0 saturated heterocycles. The smallest absolute Gasteiger partial charge is 0.373 e. The van der Waals surface area contributed by atoms with E-state index in [0.717, 1.165) is 0 Å². The Hall–Kier alpha value is -1.82. The van der Waals surface area contributed by atoms with Crippen molar-refractivity contribution in [2.75, 3.05) is 20.7 Å². The number of hydrogen-bond donors (Lipinski definition) is 1. The molecule has 2 atom stereocenters. The first kappa shape index (κ1) is 16.2. The number of methoxy groups -OCH3 is 1. The molecule has 0 aliphatic carbocycles. The van der Waals surface area contributed by atoms with Gasteiger partial charge in [-0.3, -0.25) is 10.1 Å². The summed E-state index contributed by atoms with van der Waals surface area (Å²) in [6.07, 6.45) is 0. The van der Waals surface area contributed by atoms with Crippen LogP contribution in [0.15, 0.2) is 16.5 Å². The van der Waals surface area contributed by atoms with Crippen LogP contribution in [0.3, 0.4) is 0 Å². The maximum atomic E-state index is 12.0. The summed E-state index contributed by atoms with van der Waals surface area (Å²) in [5.41, 5.74) is 0. The first-order valence-corrected chi connectivity index (χ1v) is 6.59. The highest BCUT2D eigenvalue weighted by Gasteiger charge is 2.21. The number of ether oxygens (including phenoxy) is 1. The number of amides is 1. The summed E-state index contributed by atoms with van der Waals surface area (Å²) in [5, 5.41) is 3.14. The van der Waals surface area contributed by atoms with Gasteiger partial charge in [0.05, 0.1) is 19.2 Å². The van der Waals surface area contributed by atoms with E-state index in [1.54, 1.807) is 31.0 Å². The highest BCUT2D eigenvalue weighted by atomic mass is 16.5. The molecular formula is C14H22N2O4.